The molecule has 2 aliphatic rings. The van der Waals surface area contributed by atoms with Gasteiger partial charge in [0.25, 0.3) is 0 Å². The van der Waals surface area contributed by atoms with Crippen molar-refractivity contribution in [3.8, 4) is 5.75 Å². The lowest BCUT2D eigenvalue weighted by molar-refractivity contribution is 0.108. The van der Waals surface area contributed by atoms with Gasteiger partial charge in [0.15, 0.2) is 5.88 Å². The maximum absolute atomic E-state index is 14.2. The van der Waals surface area contributed by atoms with Crippen molar-refractivity contribution in [1.29, 1.82) is 0 Å². The third-order valence-corrected chi connectivity index (χ3v) is 6.76. The zero-order chi connectivity index (χ0) is 24.5. The van der Waals surface area contributed by atoms with Crippen LogP contribution in [0, 0.1) is 11.7 Å². The van der Waals surface area contributed by atoms with Crippen molar-refractivity contribution in [1.82, 2.24) is 15.6 Å². The molecular formula is C25H27Cl2FN4O2. The molecular weight excluding hydrogens is 478 g/mol. The van der Waals surface area contributed by atoms with E-state index in [4.69, 9.17) is 38.4 Å². The number of nitrogens with two attached hydrogens (primary N) is 1. The molecule has 2 aliphatic heterocycles. The van der Waals surface area contributed by atoms with Gasteiger partial charge in [-0.1, -0.05) is 36.2 Å². The van der Waals surface area contributed by atoms with E-state index in [0.29, 0.717) is 27.8 Å². The Morgan fingerprint density at radius 2 is 2.09 bits per heavy atom. The van der Waals surface area contributed by atoms with Crippen LogP contribution in [0.25, 0.3) is 5.57 Å². The molecule has 9 heteroatoms. The number of rotatable bonds is 6. The Morgan fingerprint density at radius 1 is 1.29 bits per heavy atom. The molecule has 0 aliphatic carbocycles. The molecule has 0 radical (unpaired) electrons. The summed E-state index contributed by atoms with van der Waals surface area (Å²) in [5, 5.41) is 6.94. The van der Waals surface area contributed by atoms with Crippen LogP contribution in [0.4, 0.5) is 4.39 Å². The van der Waals surface area contributed by atoms with Crippen LogP contribution < -0.4 is 21.1 Å². The van der Waals surface area contributed by atoms with Crippen molar-refractivity contribution in [2.24, 2.45) is 11.7 Å². The van der Waals surface area contributed by atoms with E-state index in [1.165, 1.54) is 12.1 Å². The minimum Gasteiger partial charge on any atom is -0.495 e. The van der Waals surface area contributed by atoms with Gasteiger partial charge >= 0.3 is 0 Å². The zero-order valence-electron chi connectivity index (χ0n) is 19.2. The second kappa shape index (κ2) is 9.96. The molecule has 0 saturated heterocycles. The van der Waals surface area contributed by atoms with Gasteiger partial charge in [-0.25, -0.2) is 4.39 Å². The molecule has 34 heavy (non-hydrogen) atoms. The van der Waals surface area contributed by atoms with Gasteiger partial charge < -0.3 is 25.8 Å². The van der Waals surface area contributed by atoms with Gasteiger partial charge in [0, 0.05) is 41.0 Å². The summed E-state index contributed by atoms with van der Waals surface area (Å²) in [7, 11) is 1.58. The molecule has 0 saturated carbocycles. The van der Waals surface area contributed by atoms with Gasteiger partial charge in [0.1, 0.15) is 23.3 Å². The lowest BCUT2D eigenvalue weighted by Gasteiger charge is -2.40. The lowest BCUT2D eigenvalue weighted by Crippen LogP contribution is -2.57. The number of aromatic nitrogens is 1. The van der Waals surface area contributed by atoms with Crippen LogP contribution in [0.3, 0.4) is 0 Å². The number of halogens is 3. The summed E-state index contributed by atoms with van der Waals surface area (Å²) < 4.78 is 25.9. The number of nitrogens with one attached hydrogen (secondary N) is 2. The van der Waals surface area contributed by atoms with Crippen molar-refractivity contribution in [3.63, 3.8) is 0 Å². The number of nitrogens with zero attached hydrogens (tertiary/aromatic N) is 1. The average molecular weight is 505 g/mol. The number of dihydropyridines is 1. The van der Waals surface area contributed by atoms with Crippen molar-refractivity contribution >= 4 is 28.8 Å². The topological polar surface area (TPSA) is 81.4 Å². The van der Waals surface area contributed by atoms with E-state index in [1.54, 1.807) is 26.4 Å². The Kier molecular flexibility index (Phi) is 7.19. The minimum atomic E-state index is -0.970. The fourth-order valence-corrected chi connectivity index (χ4v) is 4.95. The molecule has 4 N–H and O–H groups in total. The molecule has 0 amide bonds. The second-order valence-electron chi connectivity index (χ2n) is 8.42. The molecule has 0 bridgehead atoms. The molecule has 180 valence electrons. The highest BCUT2D eigenvalue weighted by molar-refractivity contribution is 6.36. The molecule has 2 aromatic rings. The zero-order valence-corrected chi connectivity index (χ0v) is 20.7. The summed E-state index contributed by atoms with van der Waals surface area (Å²) >= 11 is 12.6. The van der Waals surface area contributed by atoms with Crippen LogP contribution in [0.2, 0.25) is 10.0 Å². The van der Waals surface area contributed by atoms with E-state index in [2.05, 4.69) is 28.6 Å². The predicted molar refractivity (Wildman–Crippen MR) is 133 cm³/mol. The number of hydrogen-bond donors (Lipinski definition) is 3. The van der Waals surface area contributed by atoms with Gasteiger partial charge in [-0.2, -0.15) is 0 Å². The lowest BCUT2D eigenvalue weighted by atomic mass is 9.84. The van der Waals surface area contributed by atoms with E-state index in [-0.39, 0.29) is 10.9 Å². The average Bonchev–Trinajstić information content (AvgIpc) is 2.82. The maximum atomic E-state index is 14.2. The quantitative estimate of drug-likeness (QED) is 0.380. The molecule has 4 rings (SSSR count). The van der Waals surface area contributed by atoms with E-state index in [1.807, 2.05) is 18.2 Å². The largest absolute Gasteiger partial charge is 0.495 e. The Morgan fingerprint density at radius 3 is 2.82 bits per heavy atom. The summed E-state index contributed by atoms with van der Waals surface area (Å²) in [6, 6.07) is 4.54. The predicted octanol–water partition coefficient (Wildman–Crippen LogP) is 4.96. The van der Waals surface area contributed by atoms with Gasteiger partial charge in [-0.15, -0.1) is 0 Å². The fraction of sp³-hybridized carbons (Fsp3) is 0.320. The standard InChI is InChI=1S/C25H27Cl2FN4O2/c1-14-11-30-9-7-19(14)25(29)8-6-18(16-10-17(33-3)13-31-12-16)24(32-25)34-15(2)22-20(26)4-5-21(28)23(22)27/h4-8,10,12-15,30,32H,9,11,29H2,1-3H3. The Bertz CT molecular complexity index is 1180. The Hall–Kier alpha value is -2.58. The maximum Gasteiger partial charge on any atom is 0.197 e. The summed E-state index contributed by atoms with van der Waals surface area (Å²) in [5.74, 6) is 0.639. The van der Waals surface area contributed by atoms with Crippen molar-refractivity contribution in [2.75, 3.05) is 20.2 Å². The number of pyridine rings is 1. The number of ether oxygens (including phenoxy) is 2. The number of methoxy groups -OCH3 is 1. The second-order valence-corrected chi connectivity index (χ2v) is 9.20. The van der Waals surface area contributed by atoms with Crippen LogP contribution in [0.15, 0.2) is 60.3 Å². The van der Waals surface area contributed by atoms with Crippen molar-refractivity contribution in [2.45, 2.75) is 25.6 Å². The summed E-state index contributed by atoms with van der Waals surface area (Å²) in [5.41, 5.74) is 8.75. The number of benzene rings is 1. The van der Waals surface area contributed by atoms with Crippen LogP contribution in [-0.2, 0) is 4.74 Å². The van der Waals surface area contributed by atoms with Crippen LogP contribution in [-0.4, -0.2) is 30.8 Å². The third-order valence-electron chi connectivity index (χ3n) is 6.04. The molecule has 1 aromatic carbocycles. The summed E-state index contributed by atoms with van der Waals surface area (Å²) in [6.45, 7) is 5.41. The molecule has 3 heterocycles. The van der Waals surface area contributed by atoms with Gasteiger partial charge in [0.2, 0.25) is 0 Å². The van der Waals surface area contributed by atoms with Crippen LogP contribution in [0.5, 0.6) is 5.75 Å². The van der Waals surface area contributed by atoms with E-state index < -0.39 is 17.6 Å². The monoisotopic (exact) mass is 504 g/mol. The molecule has 3 atom stereocenters. The Balaban J connectivity index is 1.77. The first-order valence-electron chi connectivity index (χ1n) is 10.9. The molecule has 0 fully saturated rings. The van der Waals surface area contributed by atoms with Gasteiger partial charge in [-0.3, -0.25) is 4.98 Å². The first kappa shape index (κ1) is 24.5. The van der Waals surface area contributed by atoms with Crippen molar-refractivity contribution in [3.05, 3.63) is 87.3 Å². The smallest absolute Gasteiger partial charge is 0.197 e. The highest BCUT2D eigenvalue weighted by atomic mass is 35.5. The van der Waals surface area contributed by atoms with Gasteiger partial charge in [-0.05, 0) is 48.8 Å². The van der Waals surface area contributed by atoms with E-state index in [0.717, 1.165) is 24.2 Å². The third kappa shape index (κ3) is 4.79. The van der Waals surface area contributed by atoms with Gasteiger partial charge in [0.05, 0.1) is 18.3 Å². The summed E-state index contributed by atoms with van der Waals surface area (Å²) in [4.78, 5) is 4.26. The van der Waals surface area contributed by atoms with E-state index >= 15 is 0 Å². The van der Waals surface area contributed by atoms with Crippen molar-refractivity contribution < 1.29 is 13.9 Å². The number of allylic oxidation sites excluding steroid dienone is 2. The fourth-order valence-electron chi connectivity index (χ4n) is 4.27. The molecule has 6 nitrogen and oxygen atoms in total. The highest BCUT2D eigenvalue weighted by Crippen LogP contribution is 2.38. The molecule has 0 spiro atoms. The Labute approximate surface area is 208 Å². The van der Waals surface area contributed by atoms with Crippen LogP contribution >= 0.6 is 23.2 Å². The highest BCUT2D eigenvalue weighted by Gasteiger charge is 2.36. The first-order valence-corrected chi connectivity index (χ1v) is 11.7. The number of hydrogen-bond acceptors (Lipinski definition) is 6. The summed E-state index contributed by atoms with van der Waals surface area (Å²) in [6.07, 6.45) is 8.55. The normalized spacial score (nSPS) is 23.3. The SMILES string of the molecule is COc1cncc(C2=C(OC(C)c3c(Cl)ccc(F)c3Cl)NC(N)(C3=CCNCC3C)C=C2)c1. The first-order chi connectivity index (χ1) is 16.2. The minimum absolute atomic E-state index is 0.0785. The molecule has 3 unspecified atom stereocenters. The molecule has 1 aromatic heterocycles. The van der Waals surface area contributed by atoms with Crippen LogP contribution in [0.1, 0.15) is 31.1 Å². The van der Waals surface area contributed by atoms with E-state index in [9.17, 15) is 4.39 Å².